The van der Waals surface area contributed by atoms with E-state index in [0.29, 0.717) is 0 Å². The third-order valence-corrected chi connectivity index (χ3v) is 15.7. The van der Waals surface area contributed by atoms with Gasteiger partial charge in [0.1, 0.15) is 0 Å². The van der Waals surface area contributed by atoms with Gasteiger partial charge in [0.25, 0.3) is 0 Å². The van der Waals surface area contributed by atoms with Gasteiger partial charge in [-0.2, -0.15) is 0 Å². The van der Waals surface area contributed by atoms with Gasteiger partial charge in [-0.05, 0) is 160 Å². The molecule has 0 fully saturated rings. The van der Waals surface area contributed by atoms with Gasteiger partial charge in [-0.1, -0.05) is 231 Å². The van der Waals surface area contributed by atoms with E-state index in [-0.39, 0.29) is 5.92 Å². The molecular formula is C71H49N. The first-order chi connectivity index (χ1) is 35.7. The van der Waals surface area contributed by atoms with E-state index in [4.69, 9.17) is 0 Å². The summed E-state index contributed by atoms with van der Waals surface area (Å²) in [5, 5.41) is 5.04. The minimum Gasteiger partial charge on any atom is -0.310 e. The van der Waals surface area contributed by atoms with Crippen molar-refractivity contribution in [2.75, 3.05) is 4.90 Å². The van der Waals surface area contributed by atoms with Gasteiger partial charge in [0.2, 0.25) is 0 Å². The molecule has 72 heavy (non-hydrogen) atoms. The molecular weight excluding hydrogens is 867 g/mol. The number of nitrogens with zero attached hydrogens (tertiary/aromatic N) is 1. The van der Waals surface area contributed by atoms with Crippen LogP contribution in [0.3, 0.4) is 0 Å². The van der Waals surface area contributed by atoms with Crippen molar-refractivity contribution in [3.05, 3.63) is 318 Å². The number of anilines is 3. The quantitative estimate of drug-likeness (QED) is 0.137. The normalized spacial score (nSPS) is 14.0. The molecule has 14 rings (SSSR count). The Morgan fingerprint density at radius 1 is 0.319 bits per heavy atom. The molecule has 12 aromatic rings. The van der Waals surface area contributed by atoms with E-state index in [1.807, 2.05) is 0 Å². The Labute approximate surface area is 421 Å². The molecule has 2 aliphatic carbocycles. The topological polar surface area (TPSA) is 3.24 Å². The summed E-state index contributed by atoms with van der Waals surface area (Å²) >= 11 is 0. The Hall–Kier alpha value is -9.04. The number of hydrogen-bond acceptors (Lipinski definition) is 1. The van der Waals surface area contributed by atoms with E-state index in [1.165, 1.54) is 105 Å². The average molecular weight is 916 g/mol. The minimum atomic E-state index is -0.464. The lowest BCUT2D eigenvalue weighted by atomic mass is 9.67. The van der Waals surface area contributed by atoms with Crippen molar-refractivity contribution < 1.29 is 0 Å². The second kappa shape index (κ2) is 17.1. The van der Waals surface area contributed by atoms with Gasteiger partial charge < -0.3 is 4.90 Å². The van der Waals surface area contributed by atoms with Crippen LogP contribution in [0.4, 0.5) is 17.1 Å². The lowest BCUT2D eigenvalue weighted by molar-refractivity contribution is 0.769. The maximum Gasteiger partial charge on any atom is 0.0713 e. The number of rotatable bonds is 8. The molecule has 1 nitrogen and oxygen atoms in total. The Balaban J connectivity index is 0.914. The summed E-state index contributed by atoms with van der Waals surface area (Å²) in [4.78, 5) is 2.46. The molecule has 0 radical (unpaired) electrons. The largest absolute Gasteiger partial charge is 0.310 e. The van der Waals surface area contributed by atoms with Gasteiger partial charge in [-0.3, -0.25) is 0 Å². The van der Waals surface area contributed by atoms with Crippen LogP contribution in [-0.4, -0.2) is 0 Å². The fraction of sp³-hybridized carbons (Fsp3) is 0.0423. The van der Waals surface area contributed by atoms with Crippen molar-refractivity contribution in [3.8, 4) is 44.5 Å². The summed E-state index contributed by atoms with van der Waals surface area (Å²) in [5.74, 6) is 0.223. The van der Waals surface area contributed by atoms with Crippen molar-refractivity contribution in [1.29, 1.82) is 0 Å². The predicted molar refractivity (Wildman–Crippen MR) is 302 cm³/mol. The van der Waals surface area contributed by atoms with E-state index in [9.17, 15) is 0 Å². The van der Waals surface area contributed by atoms with Crippen LogP contribution in [-0.2, 0) is 11.8 Å². The second-order valence-corrected chi connectivity index (χ2v) is 19.5. The number of benzene rings is 12. The summed E-state index contributed by atoms with van der Waals surface area (Å²) in [6.45, 7) is 0. The predicted octanol–water partition coefficient (Wildman–Crippen LogP) is 18.5. The zero-order valence-corrected chi connectivity index (χ0v) is 39.8. The number of hydrogen-bond donors (Lipinski definition) is 0. The fourth-order valence-corrected chi connectivity index (χ4v) is 12.5. The van der Waals surface area contributed by atoms with Crippen LogP contribution in [0.15, 0.2) is 279 Å². The third kappa shape index (κ3) is 6.69. The highest BCUT2D eigenvalue weighted by molar-refractivity contribution is 6.14. The molecule has 1 atom stereocenters. The minimum absolute atomic E-state index is 0.223. The lowest BCUT2D eigenvalue weighted by Crippen LogP contribution is -2.28. The molecule has 0 saturated heterocycles. The first-order valence-corrected chi connectivity index (χ1v) is 25.2. The van der Waals surface area contributed by atoms with Crippen LogP contribution in [0, 0.1) is 0 Å². The Kier molecular flexibility index (Phi) is 9.96. The fourth-order valence-electron chi connectivity index (χ4n) is 12.5. The van der Waals surface area contributed by atoms with Crippen LogP contribution in [0.25, 0.3) is 66.1 Å². The molecule has 0 bridgehead atoms. The highest BCUT2D eigenvalue weighted by atomic mass is 15.1. The molecule has 0 saturated carbocycles. The van der Waals surface area contributed by atoms with Crippen molar-refractivity contribution in [3.63, 3.8) is 0 Å². The maximum atomic E-state index is 2.46. The van der Waals surface area contributed by atoms with Gasteiger partial charge >= 0.3 is 0 Å². The van der Waals surface area contributed by atoms with E-state index in [2.05, 4.69) is 284 Å². The van der Waals surface area contributed by atoms with Crippen molar-refractivity contribution in [2.24, 2.45) is 0 Å². The summed E-state index contributed by atoms with van der Waals surface area (Å²) in [7, 11) is 0. The van der Waals surface area contributed by atoms with E-state index in [0.717, 1.165) is 23.5 Å². The lowest BCUT2D eigenvalue weighted by Gasteiger charge is -2.34. The molecule has 0 amide bonds. The van der Waals surface area contributed by atoms with E-state index >= 15 is 0 Å². The maximum absolute atomic E-state index is 2.46. The SMILES string of the molecule is c1ccc(C2(c3ccccc3)c3ccccc3-c3ccc(-c4ccc(N(c5cccc(-c6cc7ccccc7c7ccccc67)c5)c5cccc(C6Cc7ccccc7-c7ccccc76)c5)cc4)cc32)cc1. The van der Waals surface area contributed by atoms with Gasteiger partial charge in [-0.25, -0.2) is 0 Å². The van der Waals surface area contributed by atoms with Crippen LogP contribution in [0.2, 0.25) is 0 Å². The van der Waals surface area contributed by atoms with Gasteiger partial charge in [0.15, 0.2) is 0 Å². The average Bonchev–Trinajstić information content (AvgIpc) is 3.76. The van der Waals surface area contributed by atoms with Gasteiger partial charge in [-0.15, -0.1) is 0 Å². The summed E-state index contributed by atoms with van der Waals surface area (Å²) in [6, 6.07) is 104. The molecule has 0 aromatic heterocycles. The molecule has 1 unspecified atom stereocenters. The Morgan fingerprint density at radius 3 is 1.71 bits per heavy atom. The first-order valence-electron chi connectivity index (χ1n) is 25.2. The molecule has 0 N–H and O–H groups in total. The highest BCUT2D eigenvalue weighted by Crippen LogP contribution is 2.57. The molecule has 338 valence electrons. The molecule has 0 aliphatic heterocycles. The standard InChI is InChI=1S/C71H49N/c1-3-23-54(24-4-1)71(55-25-5-2-6-26-55)69-36-16-15-35-65(69)66-42-39-49(47-70(66)71)48-37-40-56(41-38-48)72(57-27-17-21-50(43-57)67-45-52-19-7-9-29-59(52)61-31-11-13-33-63(61)67)58-28-18-22-51(44-58)68-46-53-20-8-10-30-60(53)62-32-12-14-34-64(62)68/h1-45,47,68H,46H2. The van der Waals surface area contributed by atoms with Crippen LogP contribution < -0.4 is 4.90 Å². The van der Waals surface area contributed by atoms with Crippen molar-refractivity contribution in [1.82, 2.24) is 0 Å². The highest BCUT2D eigenvalue weighted by Gasteiger charge is 2.46. The first kappa shape index (κ1) is 41.9. The zero-order valence-electron chi connectivity index (χ0n) is 39.8. The summed E-state index contributed by atoms with van der Waals surface area (Å²) in [6.07, 6.45) is 0.956. The van der Waals surface area contributed by atoms with Crippen LogP contribution in [0.5, 0.6) is 0 Å². The van der Waals surface area contributed by atoms with E-state index in [1.54, 1.807) is 0 Å². The zero-order chi connectivity index (χ0) is 47.6. The van der Waals surface area contributed by atoms with Crippen molar-refractivity contribution >= 4 is 38.6 Å². The monoisotopic (exact) mass is 915 g/mol. The Bertz CT molecular complexity index is 3980. The molecule has 0 spiro atoms. The summed E-state index contributed by atoms with van der Waals surface area (Å²) in [5.41, 5.74) is 22.2. The second-order valence-electron chi connectivity index (χ2n) is 19.5. The summed E-state index contributed by atoms with van der Waals surface area (Å²) < 4.78 is 0. The van der Waals surface area contributed by atoms with Crippen LogP contribution in [0.1, 0.15) is 44.9 Å². The molecule has 12 aromatic carbocycles. The van der Waals surface area contributed by atoms with Crippen LogP contribution >= 0.6 is 0 Å². The van der Waals surface area contributed by atoms with Crippen molar-refractivity contribution in [2.45, 2.75) is 17.8 Å². The van der Waals surface area contributed by atoms with Gasteiger partial charge in [0, 0.05) is 23.0 Å². The van der Waals surface area contributed by atoms with Gasteiger partial charge in [0.05, 0.1) is 5.41 Å². The smallest absolute Gasteiger partial charge is 0.0713 e. The molecule has 2 aliphatic rings. The van der Waals surface area contributed by atoms with E-state index < -0.39 is 5.41 Å². The molecule has 0 heterocycles. The molecule has 1 heteroatoms. The Morgan fingerprint density at radius 2 is 0.917 bits per heavy atom. The number of fused-ring (bicyclic) bond motifs is 9. The third-order valence-electron chi connectivity index (χ3n) is 15.7.